The van der Waals surface area contributed by atoms with E-state index in [1.165, 1.54) is 10.5 Å². The number of hydrogen-bond donors (Lipinski definition) is 2. The summed E-state index contributed by atoms with van der Waals surface area (Å²) < 4.78 is 43.5. The van der Waals surface area contributed by atoms with Crippen molar-refractivity contribution in [2.75, 3.05) is 42.3 Å². The summed E-state index contributed by atoms with van der Waals surface area (Å²) in [5.74, 6) is -0.0641. The molecular weight excluding hydrogens is 479 g/mol. The van der Waals surface area contributed by atoms with E-state index in [0.717, 1.165) is 28.8 Å². The van der Waals surface area contributed by atoms with Crippen LogP contribution >= 0.6 is 11.8 Å². The number of benzene rings is 2. The highest BCUT2D eigenvalue weighted by atomic mass is 32.2. The lowest BCUT2D eigenvalue weighted by Gasteiger charge is -2.42. The number of carbonyl (C=O) groups is 1. The molecule has 1 aromatic heterocycles. The quantitative estimate of drug-likeness (QED) is 0.547. The van der Waals surface area contributed by atoms with E-state index in [1.54, 1.807) is 11.8 Å². The highest BCUT2D eigenvalue weighted by molar-refractivity contribution is 7.99. The van der Waals surface area contributed by atoms with E-state index in [4.69, 9.17) is 14.7 Å². The number of carbonyl (C=O) groups excluding carboxylic acids is 1. The van der Waals surface area contributed by atoms with Crippen LogP contribution in [0.1, 0.15) is 11.1 Å². The van der Waals surface area contributed by atoms with E-state index >= 15 is 0 Å². The molecule has 0 atom stereocenters. The summed E-state index contributed by atoms with van der Waals surface area (Å²) >= 11 is 1.79. The molecule has 0 bridgehead atoms. The van der Waals surface area contributed by atoms with Gasteiger partial charge in [-0.1, -0.05) is 29.8 Å². The summed E-state index contributed by atoms with van der Waals surface area (Å²) in [5.41, 5.74) is 2.02. The molecule has 2 N–H and O–H groups in total. The van der Waals surface area contributed by atoms with Gasteiger partial charge >= 0.3 is 12.1 Å². The van der Waals surface area contributed by atoms with Crippen LogP contribution in [-0.2, 0) is 16.1 Å². The second kappa shape index (κ2) is 9.19. The lowest BCUT2D eigenvalue weighted by Crippen LogP contribution is -2.63. The van der Waals surface area contributed by atoms with Crippen LogP contribution in [0, 0.1) is 6.92 Å². The minimum Gasteiger partial charge on any atom is -0.376 e. The van der Waals surface area contributed by atoms with Crippen molar-refractivity contribution < 1.29 is 22.7 Å². The molecule has 2 aromatic carbocycles. The van der Waals surface area contributed by atoms with E-state index in [1.807, 2.05) is 42.6 Å². The summed E-state index contributed by atoms with van der Waals surface area (Å²) in [5, 5.41) is 6.03. The monoisotopic (exact) mass is 503 g/mol. The van der Waals surface area contributed by atoms with Crippen molar-refractivity contribution in [1.82, 2.24) is 15.3 Å². The standard InChI is InChI=1S/C24H24F3N5O2S/c1-15-6-7-18-17(10-15)20(31-23(13-34-14-23)12-28-21(33)24(25,26)27)30-22(29-18)32-8-9-35-19-5-3-2-4-16(19)11-32/h2-7,10H,8-9,11-14H2,1H3,(H,28,33)(H,29,30,31). The summed E-state index contributed by atoms with van der Waals surface area (Å²) in [6, 6.07) is 14.0. The molecule has 7 nitrogen and oxygen atoms in total. The van der Waals surface area contributed by atoms with Crippen LogP contribution in [0.2, 0.25) is 0 Å². The van der Waals surface area contributed by atoms with Crippen LogP contribution in [-0.4, -0.2) is 59.6 Å². The van der Waals surface area contributed by atoms with Crippen LogP contribution in [0.4, 0.5) is 24.9 Å². The van der Waals surface area contributed by atoms with E-state index in [-0.39, 0.29) is 19.8 Å². The molecular formula is C24H24F3N5O2S. The number of aryl methyl sites for hydroxylation is 1. The molecule has 0 saturated carbocycles. The highest BCUT2D eigenvalue weighted by Gasteiger charge is 2.44. The molecule has 0 unspecified atom stereocenters. The fourth-order valence-corrected chi connectivity index (χ4v) is 5.16. The van der Waals surface area contributed by atoms with Crippen molar-refractivity contribution >= 4 is 40.3 Å². The van der Waals surface area contributed by atoms with E-state index in [9.17, 15) is 18.0 Å². The molecule has 184 valence electrons. The fraction of sp³-hybridized carbons (Fsp3) is 0.375. The number of alkyl halides is 3. The second-order valence-corrected chi connectivity index (χ2v) is 9.99. The normalized spacial score (nSPS) is 17.3. The number of halogens is 3. The summed E-state index contributed by atoms with van der Waals surface area (Å²) in [7, 11) is 0. The molecule has 2 aliphatic rings. The molecule has 3 heterocycles. The molecule has 0 aliphatic carbocycles. The number of amides is 1. The molecule has 2 aliphatic heterocycles. The third-order valence-electron chi connectivity index (χ3n) is 6.06. The minimum absolute atomic E-state index is 0.144. The number of aromatic nitrogens is 2. The van der Waals surface area contributed by atoms with Crippen LogP contribution in [0.15, 0.2) is 47.4 Å². The van der Waals surface area contributed by atoms with Gasteiger partial charge in [0.1, 0.15) is 11.4 Å². The molecule has 1 saturated heterocycles. The van der Waals surface area contributed by atoms with Gasteiger partial charge in [-0.25, -0.2) is 4.98 Å². The number of nitrogens with zero attached hydrogens (tertiary/aromatic N) is 3. The van der Waals surface area contributed by atoms with Gasteiger partial charge in [0.05, 0.1) is 18.7 Å². The lowest BCUT2D eigenvalue weighted by molar-refractivity contribution is -0.174. The van der Waals surface area contributed by atoms with Gasteiger partial charge in [0.25, 0.3) is 0 Å². The number of hydrogen-bond acceptors (Lipinski definition) is 7. The maximum atomic E-state index is 12.7. The number of fused-ring (bicyclic) bond motifs is 2. The molecule has 3 aromatic rings. The second-order valence-electron chi connectivity index (χ2n) is 8.85. The molecule has 5 rings (SSSR count). The molecule has 0 spiro atoms. The van der Waals surface area contributed by atoms with Crippen LogP contribution in [0.25, 0.3) is 10.9 Å². The number of anilines is 2. The van der Waals surface area contributed by atoms with Gasteiger partial charge in [-0.15, -0.1) is 11.8 Å². The average Bonchev–Trinajstić information content (AvgIpc) is 3.02. The number of nitrogens with one attached hydrogen (secondary N) is 2. The smallest absolute Gasteiger partial charge is 0.376 e. The minimum atomic E-state index is -4.95. The molecule has 11 heteroatoms. The summed E-state index contributed by atoms with van der Waals surface area (Å²) in [6.07, 6.45) is -4.95. The first kappa shape index (κ1) is 23.7. The van der Waals surface area contributed by atoms with Crippen LogP contribution < -0.4 is 15.5 Å². The van der Waals surface area contributed by atoms with Gasteiger partial charge in [-0.3, -0.25) is 4.79 Å². The first-order valence-electron chi connectivity index (χ1n) is 11.2. The molecule has 0 radical (unpaired) electrons. The zero-order valence-corrected chi connectivity index (χ0v) is 19.8. The Labute approximate surface area is 204 Å². The van der Waals surface area contributed by atoms with Crippen molar-refractivity contribution in [2.45, 2.75) is 30.1 Å². The first-order valence-corrected chi connectivity index (χ1v) is 12.2. The summed E-state index contributed by atoms with van der Waals surface area (Å²) in [4.78, 5) is 24.4. The largest absolute Gasteiger partial charge is 0.471 e. The highest BCUT2D eigenvalue weighted by Crippen LogP contribution is 2.33. The Morgan fingerprint density at radius 2 is 2.00 bits per heavy atom. The maximum absolute atomic E-state index is 12.7. The third-order valence-corrected chi connectivity index (χ3v) is 7.16. The predicted octanol–water partition coefficient (Wildman–Crippen LogP) is 3.91. The van der Waals surface area contributed by atoms with E-state index in [0.29, 0.717) is 18.3 Å². The maximum Gasteiger partial charge on any atom is 0.471 e. The topological polar surface area (TPSA) is 79.4 Å². The average molecular weight is 504 g/mol. The number of ether oxygens (including phenoxy) is 1. The van der Waals surface area contributed by atoms with Gasteiger partial charge in [0.2, 0.25) is 5.95 Å². The SMILES string of the molecule is Cc1ccc2nc(N3CCSc4ccccc4C3)nc(NC3(CNC(=O)C(F)(F)F)COC3)c2c1. The van der Waals surface area contributed by atoms with Crippen molar-refractivity contribution in [3.8, 4) is 0 Å². The Morgan fingerprint density at radius 1 is 1.20 bits per heavy atom. The van der Waals surface area contributed by atoms with Gasteiger partial charge in [-0.2, -0.15) is 18.2 Å². The Hall–Kier alpha value is -3.05. The molecule has 1 amide bonds. The number of rotatable bonds is 5. The lowest BCUT2D eigenvalue weighted by atomic mass is 9.96. The summed E-state index contributed by atoms with van der Waals surface area (Å²) in [6.45, 7) is 3.39. The number of thioether (sulfide) groups is 1. The third kappa shape index (κ3) is 5.01. The zero-order chi connectivity index (χ0) is 24.6. The van der Waals surface area contributed by atoms with Crippen molar-refractivity contribution in [3.63, 3.8) is 0 Å². The van der Waals surface area contributed by atoms with E-state index in [2.05, 4.69) is 22.3 Å². The van der Waals surface area contributed by atoms with Crippen molar-refractivity contribution in [2.24, 2.45) is 0 Å². The van der Waals surface area contributed by atoms with Gasteiger partial charge in [0.15, 0.2) is 0 Å². The predicted molar refractivity (Wildman–Crippen MR) is 129 cm³/mol. The van der Waals surface area contributed by atoms with Gasteiger partial charge in [-0.05, 0) is 30.7 Å². The fourth-order valence-electron chi connectivity index (χ4n) is 4.13. The van der Waals surface area contributed by atoms with E-state index < -0.39 is 17.6 Å². The Bertz CT molecular complexity index is 1270. The Kier molecular flexibility index (Phi) is 6.22. The van der Waals surface area contributed by atoms with Crippen molar-refractivity contribution in [3.05, 3.63) is 53.6 Å². The molecule has 35 heavy (non-hydrogen) atoms. The van der Waals surface area contributed by atoms with Crippen LogP contribution in [0.5, 0.6) is 0 Å². The zero-order valence-electron chi connectivity index (χ0n) is 19.0. The van der Waals surface area contributed by atoms with Crippen LogP contribution in [0.3, 0.4) is 0 Å². The van der Waals surface area contributed by atoms with Gasteiger partial charge < -0.3 is 20.3 Å². The first-order chi connectivity index (χ1) is 16.7. The Morgan fingerprint density at radius 3 is 2.74 bits per heavy atom. The molecule has 1 fully saturated rings. The van der Waals surface area contributed by atoms with Crippen molar-refractivity contribution in [1.29, 1.82) is 0 Å². The Balaban J connectivity index is 1.48. The van der Waals surface area contributed by atoms with Gasteiger partial charge in [0, 0.05) is 35.7 Å².